The molecule has 6 heteroatoms. The molecule has 0 aliphatic heterocycles. The van der Waals surface area contributed by atoms with Crippen molar-refractivity contribution in [2.24, 2.45) is 0 Å². The number of aromatic hydroxyl groups is 1. The van der Waals surface area contributed by atoms with E-state index in [2.05, 4.69) is 5.32 Å². The number of halogens is 4. The van der Waals surface area contributed by atoms with Gasteiger partial charge in [-0.15, -0.1) is 0 Å². The Morgan fingerprint density at radius 1 is 1.10 bits per heavy atom. The second-order valence-electron chi connectivity index (χ2n) is 4.65. The van der Waals surface area contributed by atoms with E-state index in [0.29, 0.717) is 17.3 Å². The number of phenolic OH excluding ortho intramolecular Hbond substituents is 1. The summed E-state index contributed by atoms with van der Waals surface area (Å²) in [5.74, 6) is -0.815. The Morgan fingerprint density at radius 3 is 2.43 bits per heavy atom. The quantitative estimate of drug-likeness (QED) is 0.647. The lowest BCUT2D eigenvalue weighted by atomic mass is 10.1. The van der Waals surface area contributed by atoms with Gasteiger partial charge in [-0.2, -0.15) is 13.2 Å². The van der Waals surface area contributed by atoms with Gasteiger partial charge in [0.25, 0.3) is 0 Å². The van der Waals surface area contributed by atoms with Crippen LogP contribution in [0.5, 0.6) is 5.75 Å². The highest BCUT2D eigenvalue weighted by Crippen LogP contribution is 2.33. The molecule has 2 aromatic carbocycles. The number of phenols is 1. The first-order chi connectivity index (χ1) is 9.77. The van der Waals surface area contributed by atoms with Crippen LogP contribution in [0.1, 0.15) is 16.7 Å². The number of rotatable bonds is 3. The highest BCUT2D eigenvalue weighted by molar-refractivity contribution is 5.51. The van der Waals surface area contributed by atoms with Crippen molar-refractivity contribution in [1.29, 1.82) is 0 Å². The average molecular weight is 299 g/mol. The normalized spacial score (nSPS) is 11.5. The van der Waals surface area contributed by atoms with Gasteiger partial charge in [-0.05, 0) is 48.4 Å². The van der Waals surface area contributed by atoms with E-state index < -0.39 is 17.6 Å². The third kappa shape index (κ3) is 3.65. The molecule has 0 atom stereocenters. The first kappa shape index (κ1) is 15.2. The van der Waals surface area contributed by atoms with E-state index in [1.807, 2.05) is 0 Å². The first-order valence-corrected chi connectivity index (χ1v) is 6.16. The number of benzene rings is 2. The Hall–Kier alpha value is -2.24. The van der Waals surface area contributed by atoms with Gasteiger partial charge in [-0.25, -0.2) is 4.39 Å². The molecule has 0 bridgehead atoms. The highest BCUT2D eigenvalue weighted by atomic mass is 19.4. The van der Waals surface area contributed by atoms with Gasteiger partial charge in [0.1, 0.15) is 11.6 Å². The number of hydrogen-bond donors (Lipinski definition) is 2. The number of nitrogens with one attached hydrogen (secondary N) is 1. The zero-order chi connectivity index (χ0) is 15.6. The van der Waals surface area contributed by atoms with Crippen LogP contribution < -0.4 is 5.32 Å². The van der Waals surface area contributed by atoms with Gasteiger partial charge < -0.3 is 10.4 Å². The molecule has 2 nitrogen and oxygen atoms in total. The Bertz CT molecular complexity index is 653. The number of alkyl halides is 3. The molecule has 0 aliphatic rings. The van der Waals surface area contributed by atoms with Crippen LogP contribution in [0.15, 0.2) is 36.4 Å². The van der Waals surface area contributed by atoms with Crippen molar-refractivity contribution in [2.75, 3.05) is 5.32 Å². The lowest BCUT2D eigenvalue weighted by Crippen LogP contribution is -2.12. The largest absolute Gasteiger partial charge is 0.508 e. The topological polar surface area (TPSA) is 32.3 Å². The molecule has 0 spiro atoms. The van der Waals surface area contributed by atoms with Crippen LogP contribution in [-0.4, -0.2) is 5.11 Å². The van der Waals surface area contributed by atoms with Crippen LogP contribution in [0.3, 0.4) is 0 Å². The van der Waals surface area contributed by atoms with Crippen molar-refractivity contribution in [3.63, 3.8) is 0 Å². The van der Waals surface area contributed by atoms with Crippen LogP contribution in [0.25, 0.3) is 0 Å². The SMILES string of the molecule is Cc1cc(NCc2ccc(F)cc2C(F)(F)F)ccc1O. The number of anilines is 1. The fraction of sp³-hybridized carbons (Fsp3) is 0.200. The molecule has 21 heavy (non-hydrogen) atoms. The molecule has 0 saturated carbocycles. The van der Waals surface area contributed by atoms with E-state index in [1.54, 1.807) is 19.1 Å². The van der Waals surface area contributed by atoms with Crippen LogP contribution in [0.4, 0.5) is 23.2 Å². The van der Waals surface area contributed by atoms with Crippen LogP contribution in [-0.2, 0) is 12.7 Å². The Kier molecular flexibility index (Phi) is 4.06. The summed E-state index contributed by atoms with van der Waals surface area (Å²) in [6, 6.07) is 7.21. The van der Waals surface area contributed by atoms with E-state index in [9.17, 15) is 22.7 Å². The molecule has 0 heterocycles. The lowest BCUT2D eigenvalue weighted by Gasteiger charge is -2.14. The van der Waals surface area contributed by atoms with E-state index in [0.717, 1.165) is 12.1 Å². The minimum atomic E-state index is -4.61. The molecule has 0 fully saturated rings. The summed E-state index contributed by atoms with van der Waals surface area (Å²) >= 11 is 0. The maximum atomic E-state index is 13.0. The Morgan fingerprint density at radius 2 is 1.81 bits per heavy atom. The van der Waals surface area contributed by atoms with Crippen LogP contribution in [0, 0.1) is 12.7 Å². The second kappa shape index (κ2) is 5.63. The zero-order valence-corrected chi connectivity index (χ0v) is 11.1. The van der Waals surface area contributed by atoms with Crippen molar-refractivity contribution >= 4 is 5.69 Å². The monoisotopic (exact) mass is 299 g/mol. The third-order valence-electron chi connectivity index (χ3n) is 3.06. The van der Waals surface area contributed by atoms with Gasteiger partial charge in [0.15, 0.2) is 0 Å². The summed E-state index contributed by atoms with van der Waals surface area (Å²) < 4.78 is 51.5. The van der Waals surface area contributed by atoms with Crippen LogP contribution in [0.2, 0.25) is 0 Å². The molecule has 0 radical (unpaired) electrons. The molecule has 0 amide bonds. The standard InChI is InChI=1S/C15H13F4NO/c1-9-6-12(4-5-14(9)21)20-8-10-2-3-11(16)7-13(10)15(17,18)19/h2-7,20-21H,8H2,1H3. The Balaban J connectivity index is 2.22. The van der Waals surface area contributed by atoms with E-state index >= 15 is 0 Å². The highest BCUT2D eigenvalue weighted by Gasteiger charge is 2.33. The summed E-state index contributed by atoms with van der Waals surface area (Å²) in [5, 5.41) is 12.2. The van der Waals surface area contributed by atoms with Gasteiger partial charge in [-0.1, -0.05) is 6.07 Å². The minimum Gasteiger partial charge on any atom is -0.508 e. The van der Waals surface area contributed by atoms with Crippen molar-refractivity contribution in [3.05, 3.63) is 58.9 Å². The summed E-state index contributed by atoms with van der Waals surface area (Å²) in [7, 11) is 0. The third-order valence-corrected chi connectivity index (χ3v) is 3.06. The van der Waals surface area contributed by atoms with Gasteiger partial charge in [-0.3, -0.25) is 0 Å². The number of hydrogen-bond acceptors (Lipinski definition) is 2. The molecule has 0 aromatic heterocycles. The van der Waals surface area contributed by atoms with E-state index in [-0.39, 0.29) is 17.9 Å². The molecule has 112 valence electrons. The van der Waals surface area contributed by atoms with E-state index in [1.165, 1.54) is 6.07 Å². The van der Waals surface area contributed by atoms with Crippen molar-refractivity contribution in [2.45, 2.75) is 19.6 Å². The van der Waals surface area contributed by atoms with Gasteiger partial charge in [0.05, 0.1) is 5.56 Å². The molecular formula is C15H13F4NO. The van der Waals surface area contributed by atoms with Gasteiger partial charge >= 0.3 is 6.18 Å². The molecule has 0 saturated heterocycles. The summed E-state index contributed by atoms with van der Waals surface area (Å²) in [6.45, 7) is 1.58. The average Bonchev–Trinajstić information content (AvgIpc) is 2.40. The zero-order valence-electron chi connectivity index (χ0n) is 11.1. The summed E-state index contributed by atoms with van der Waals surface area (Å²) in [4.78, 5) is 0. The van der Waals surface area contributed by atoms with E-state index in [4.69, 9.17) is 0 Å². The summed E-state index contributed by atoms with van der Waals surface area (Å²) in [6.07, 6.45) is -4.61. The van der Waals surface area contributed by atoms with Crippen LogP contribution >= 0.6 is 0 Å². The fourth-order valence-corrected chi connectivity index (χ4v) is 1.93. The first-order valence-electron chi connectivity index (χ1n) is 6.16. The predicted molar refractivity (Wildman–Crippen MR) is 71.6 cm³/mol. The molecule has 2 N–H and O–H groups in total. The molecule has 0 aliphatic carbocycles. The maximum Gasteiger partial charge on any atom is 0.416 e. The number of aryl methyl sites for hydroxylation is 1. The molecule has 0 unspecified atom stereocenters. The van der Waals surface area contributed by atoms with Crippen molar-refractivity contribution in [3.8, 4) is 5.75 Å². The fourth-order valence-electron chi connectivity index (χ4n) is 1.93. The molecule has 2 aromatic rings. The predicted octanol–water partition coefficient (Wildman–Crippen LogP) is 4.47. The second-order valence-corrected chi connectivity index (χ2v) is 4.65. The van der Waals surface area contributed by atoms with Gasteiger partial charge in [0.2, 0.25) is 0 Å². The Labute approximate surface area is 119 Å². The molecule has 2 rings (SSSR count). The van der Waals surface area contributed by atoms with Crippen molar-refractivity contribution in [1.82, 2.24) is 0 Å². The minimum absolute atomic E-state index is 0.0466. The maximum absolute atomic E-state index is 13.0. The van der Waals surface area contributed by atoms with Crippen molar-refractivity contribution < 1.29 is 22.7 Å². The summed E-state index contributed by atoms with van der Waals surface area (Å²) in [5.41, 5.74) is 0.137. The molecular weight excluding hydrogens is 286 g/mol. The smallest absolute Gasteiger partial charge is 0.416 e. The lowest BCUT2D eigenvalue weighted by molar-refractivity contribution is -0.138. The van der Waals surface area contributed by atoms with Gasteiger partial charge in [0, 0.05) is 12.2 Å².